The first-order chi connectivity index (χ1) is 6.99. The molecule has 0 radical (unpaired) electrons. The number of halogens is 3. The second kappa shape index (κ2) is 5.46. The molecule has 0 bridgehead atoms. The first-order valence-corrected chi connectivity index (χ1v) is 4.91. The molecule has 1 unspecified atom stereocenters. The standard InChI is InChI=1S/C9H14F3NO2/c10-9(11,12)3-1-2-7(14)8-6-13-4-5-15-8/h8,13H,1-6H2. The molecule has 1 aliphatic rings. The Morgan fingerprint density at radius 2 is 2.20 bits per heavy atom. The fraction of sp³-hybridized carbons (Fsp3) is 0.889. The van der Waals surface area contributed by atoms with Crippen LogP contribution in [0.25, 0.3) is 0 Å². The fourth-order valence-corrected chi connectivity index (χ4v) is 1.40. The minimum atomic E-state index is -4.17. The monoisotopic (exact) mass is 225 g/mol. The number of rotatable bonds is 4. The van der Waals surface area contributed by atoms with Gasteiger partial charge in [0, 0.05) is 25.9 Å². The molecule has 1 atom stereocenters. The van der Waals surface area contributed by atoms with Gasteiger partial charge in [-0.1, -0.05) is 0 Å². The zero-order valence-electron chi connectivity index (χ0n) is 8.27. The Morgan fingerprint density at radius 3 is 2.73 bits per heavy atom. The summed E-state index contributed by atoms with van der Waals surface area (Å²) in [6.07, 6.45) is -5.86. The van der Waals surface area contributed by atoms with Crippen molar-refractivity contribution >= 4 is 5.78 Å². The average Bonchev–Trinajstić information content (AvgIpc) is 2.17. The summed E-state index contributed by atoms with van der Waals surface area (Å²) < 4.78 is 40.5. The van der Waals surface area contributed by atoms with Gasteiger partial charge in [0.15, 0.2) is 5.78 Å². The highest BCUT2D eigenvalue weighted by atomic mass is 19.4. The molecule has 0 aromatic carbocycles. The van der Waals surface area contributed by atoms with Gasteiger partial charge in [-0.3, -0.25) is 4.79 Å². The van der Waals surface area contributed by atoms with E-state index in [4.69, 9.17) is 4.74 Å². The number of morpholine rings is 1. The minimum absolute atomic E-state index is 0.0636. The van der Waals surface area contributed by atoms with Gasteiger partial charge in [-0.2, -0.15) is 13.2 Å². The maximum atomic E-state index is 11.8. The molecule has 1 fully saturated rings. The number of carbonyl (C=O) groups is 1. The summed E-state index contributed by atoms with van der Waals surface area (Å²) in [5.74, 6) is -0.244. The van der Waals surface area contributed by atoms with Crippen molar-refractivity contribution in [2.45, 2.75) is 31.5 Å². The van der Waals surface area contributed by atoms with Crippen LogP contribution >= 0.6 is 0 Å². The van der Waals surface area contributed by atoms with Crippen molar-refractivity contribution < 1.29 is 22.7 Å². The summed E-state index contributed by atoms with van der Waals surface area (Å²) in [7, 11) is 0. The van der Waals surface area contributed by atoms with E-state index >= 15 is 0 Å². The Morgan fingerprint density at radius 1 is 1.47 bits per heavy atom. The number of ketones is 1. The van der Waals surface area contributed by atoms with Crippen LogP contribution < -0.4 is 5.32 Å². The molecule has 0 aromatic heterocycles. The molecular formula is C9H14F3NO2. The van der Waals surface area contributed by atoms with Gasteiger partial charge < -0.3 is 10.1 Å². The zero-order valence-corrected chi connectivity index (χ0v) is 8.27. The van der Waals surface area contributed by atoms with Crippen LogP contribution in [0.5, 0.6) is 0 Å². The first-order valence-electron chi connectivity index (χ1n) is 4.91. The summed E-state index contributed by atoms with van der Waals surface area (Å²) in [6.45, 7) is 1.53. The van der Waals surface area contributed by atoms with E-state index in [1.165, 1.54) is 0 Å². The van der Waals surface area contributed by atoms with Gasteiger partial charge in [-0.05, 0) is 6.42 Å². The second-order valence-corrected chi connectivity index (χ2v) is 3.50. The highest BCUT2D eigenvalue weighted by molar-refractivity contribution is 5.83. The Bertz CT molecular complexity index is 212. The minimum Gasteiger partial charge on any atom is -0.368 e. The lowest BCUT2D eigenvalue weighted by molar-refractivity contribution is -0.140. The van der Waals surface area contributed by atoms with Crippen molar-refractivity contribution in [2.24, 2.45) is 0 Å². The van der Waals surface area contributed by atoms with E-state index < -0.39 is 18.7 Å². The van der Waals surface area contributed by atoms with E-state index in [0.29, 0.717) is 19.7 Å². The Balaban J connectivity index is 2.17. The molecule has 3 nitrogen and oxygen atoms in total. The lowest BCUT2D eigenvalue weighted by atomic mass is 10.1. The van der Waals surface area contributed by atoms with Gasteiger partial charge in [-0.25, -0.2) is 0 Å². The van der Waals surface area contributed by atoms with Crippen LogP contribution in [0.1, 0.15) is 19.3 Å². The predicted molar refractivity (Wildman–Crippen MR) is 47.5 cm³/mol. The molecule has 0 aromatic rings. The van der Waals surface area contributed by atoms with Crippen molar-refractivity contribution in [3.05, 3.63) is 0 Å². The maximum Gasteiger partial charge on any atom is 0.389 e. The van der Waals surface area contributed by atoms with Gasteiger partial charge >= 0.3 is 6.18 Å². The fourth-order valence-electron chi connectivity index (χ4n) is 1.40. The van der Waals surface area contributed by atoms with Crippen molar-refractivity contribution in [1.82, 2.24) is 5.32 Å². The van der Waals surface area contributed by atoms with Crippen LogP contribution in [0.15, 0.2) is 0 Å². The second-order valence-electron chi connectivity index (χ2n) is 3.50. The van der Waals surface area contributed by atoms with Crippen molar-refractivity contribution in [2.75, 3.05) is 19.7 Å². The van der Waals surface area contributed by atoms with E-state index in [0.717, 1.165) is 0 Å². The third kappa shape index (κ3) is 5.13. The number of hydrogen-bond acceptors (Lipinski definition) is 3. The predicted octanol–water partition coefficient (Wildman–Crippen LogP) is 1.28. The van der Waals surface area contributed by atoms with E-state index in [-0.39, 0.29) is 18.6 Å². The molecule has 1 aliphatic heterocycles. The highest BCUT2D eigenvalue weighted by Crippen LogP contribution is 2.22. The molecule has 1 saturated heterocycles. The topological polar surface area (TPSA) is 38.3 Å². The van der Waals surface area contributed by atoms with Gasteiger partial charge in [0.25, 0.3) is 0 Å². The summed E-state index contributed by atoms with van der Waals surface area (Å²) >= 11 is 0. The van der Waals surface area contributed by atoms with Crippen LogP contribution in [-0.4, -0.2) is 37.8 Å². The van der Waals surface area contributed by atoms with Gasteiger partial charge in [-0.15, -0.1) is 0 Å². The van der Waals surface area contributed by atoms with Gasteiger partial charge in [0.1, 0.15) is 6.10 Å². The van der Waals surface area contributed by atoms with Crippen LogP contribution in [0, 0.1) is 0 Å². The SMILES string of the molecule is O=C(CCCC(F)(F)F)C1CNCCO1. The quantitative estimate of drug-likeness (QED) is 0.783. The molecule has 0 saturated carbocycles. The Hall–Kier alpha value is -0.620. The third-order valence-corrected chi connectivity index (χ3v) is 2.17. The lowest BCUT2D eigenvalue weighted by Crippen LogP contribution is -2.43. The summed E-state index contributed by atoms with van der Waals surface area (Å²) in [4.78, 5) is 11.4. The van der Waals surface area contributed by atoms with Crippen molar-refractivity contribution in [3.8, 4) is 0 Å². The molecule has 1 heterocycles. The maximum absolute atomic E-state index is 11.8. The molecule has 0 spiro atoms. The van der Waals surface area contributed by atoms with Gasteiger partial charge in [0.05, 0.1) is 6.61 Å². The number of Topliss-reactive ketones (excluding diaryl/α,β-unsaturated/α-hetero) is 1. The highest BCUT2D eigenvalue weighted by Gasteiger charge is 2.28. The van der Waals surface area contributed by atoms with E-state index in [2.05, 4.69) is 5.32 Å². The number of nitrogens with one attached hydrogen (secondary N) is 1. The molecule has 1 N–H and O–H groups in total. The first kappa shape index (κ1) is 12.4. The average molecular weight is 225 g/mol. The van der Waals surface area contributed by atoms with Crippen molar-refractivity contribution in [3.63, 3.8) is 0 Å². The number of alkyl halides is 3. The van der Waals surface area contributed by atoms with E-state index in [1.807, 2.05) is 0 Å². The summed E-state index contributed by atoms with van der Waals surface area (Å²) in [5.41, 5.74) is 0. The Kier molecular flexibility index (Phi) is 4.53. The largest absolute Gasteiger partial charge is 0.389 e. The number of hydrogen-bond donors (Lipinski definition) is 1. The summed E-state index contributed by atoms with van der Waals surface area (Å²) in [6, 6.07) is 0. The molecule has 1 rings (SSSR count). The normalized spacial score (nSPS) is 22.7. The molecule has 6 heteroatoms. The number of ether oxygens (including phenoxy) is 1. The molecule has 15 heavy (non-hydrogen) atoms. The van der Waals surface area contributed by atoms with Gasteiger partial charge in [0.2, 0.25) is 0 Å². The zero-order chi connectivity index (χ0) is 11.3. The van der Waals surface area contributed by atoms with E-state index in [1.54, 1.807) is 0 Å². The molecular weight excluding hydrogens is 211 g/mol. The number of carbonyl (C=O) groups excluding carboxylic acids is 1. The molecule has 0 aliphatic carbocycles. The van der Waals surface area contributed by atoms with E-state index in [9.17, 15) is 18.0 Å². The van der Waals surface area contributed by atoms with Crippen LogP contribution in [0.2, 0.25) is 0 Å². The molecule has 88 valence electrons. The van der Waals surface area contributed by atoms with Crippen molar-refractivity contribution in [1.29, 1.82) is 0 Å². The smallest absolute Gasteiger partial charge is 0.368 e. The Labute approximate surface area is 86.0 Å². The lowest BCUT2D eigenvalue weighted by Gasteiger charge is -2.22. The van der Waals surface area contributed by atoms with Crippen LogP contribution in [0.3, 0.4) is 0 Å². The summed E-state index contributed by atoms with van der Waals surface area (Å²) in [5, 5.41) is 2.95. The van der Waals surface area contributed by atoms with Crippen LogP contribution in [0.4, 0.5) is 13.2 Å². The van der Waals surface area contributed by atoms with Crippen LogP contribution in [-0.2, 0) is 9.53 Å². The third-order valence-electron chi connectivity index (χ3n) is 2.17. The molecule has 0 amide bonds.